The first-order valence-electron chi connectivity index (χ1n) is 7.68. The second-order valence-electron chi connectivity index (χ2n) is 5.46. The minimum absolute atomic E-state index is 0.0837. The fourth-order valence-corrected chi connectivity index (χ4v) is 3.87. The first-order valence-corrected chi connectivity index (χ1v) is 9.12. The van der Waals surface area contributed by atoms with Crippen molar-refractivity contribution in [3.63, 3.8) is 0 Å². The third-order valence-electron chi connectivity index (χ3n) is 3.78. The Bertz CT molecular complexity index is 911. The SMILES string of the molecule is O=[N+]([O-])c1cc(F)ccc1Oc1ccc(S(=O)(=O)N2CCOCC2)cc1. The number of nitro groups is 1. The molecule has 0 spiro atoms. The molecule has 138 valence electrons. The molecule has 0 radical (unpaired) electrons. The van der Waals surface area contributed by atoms with Crippen LogP contribution in [-0.2, 0) is 14.8 Å². The van der Waals surface area contributed by atoms with Gasteiger partial charge in [-0.3, -0.25) is 10.1 Å². The molecule has 1 heterocycles. The molecule has 3 rings (SSSR count). The molecule has 0 saturated carbocycles. The molecule has 0 unspecified atom stereocenters. The molecule has 0 aromatic heterocycles. The maximum atomic E-state index is 13.2. The number of rotatable bonds is 5. The normalized spacial score (nSPS) is 15.6. The van der Waals surface area contributed by atoms with E-state index in [2.05, 4.69) is 0 Å². The Kier molecular flexibility index (Phi) is 5.16. The maximum Gasteiger partial charge on any atom is 0.314 e. The number of hydrogen-bond acceptors (Lipinski definition) is 6. The quantitative estimate of drug-likeness (QED) is 0.582. The first-order chi connectivity index (χ1) is 12.4. The lowest BCUT2D eigenvalue weighted by atomic mass is 10.3. The van der Waals surface area contributed by atoms with Gasteiger partial charge in [-0.25, -0.2) is 12.8 Å². The van der Waals surface area contributed by atoms with Crippen molar-refractivity contribution in [3.8, 4) is 11.5 Å². The van der Waals surface area contributed by atoms with Gasteiger partial charge in [-0.1, -0.05) is 0 Å². The van der Waals surface area contributed by atoms with E-state index in [0.717, 1.165) is 18.2 Å². The zero-order valence-corrected chi connectivity index (χ0v) is 14.3. The number of hydrogen-bond donors (Lipinski definition) is 0. The van der Waals surface area contributed by atoms with Crippen LogP contribution in [0.2, 0.25) is 0 Å². The molecule has 1 aliphatic rings. The zero-order valence-electron chi connectivity index (χ0n) is 13.5. The van der Waals surface area contributed by atoms with Crippen molar-refractivity contribution in [2.75, 3.05) is 26.3 Å². The molecular formula is C16H15FN2O6S. The van der Waals surface area contributed by atoms with Crippen molar-refractivity contribution in [1.82, 2.24) is 4.31 Å². The molecule has 1 saturated heterocycles. The summed E-state index contributed by atoms with van der Waals surface area (Å²) < 4.78 is 50.1. The van der Waals surface area contributed by atoms with E-state index < -0.39 is 26.5 Å². The lowest BCUT2D eigenvalue weighted by Crippen LogP contribution is -2.40. The van der Waals surface area contributed by atoms with Gasteiger partial charge in [0.1, 0.15) is 11.6 Å². The number of benzene rings is 2. The van der Waals surface area contributed by atoms with E-state index in [1.165, 1.54) is 28.6 Å². The summed E-state index contributed by atoms with van der Waals surface area (Å²) in [6.45, 7) is 1.24. The first kappa shape index (κ1) is 18.2. The highest BCUT2D eigenvalue weighted by Crippen LogP contribution is 2.32. The Balaban J connectivity index is 1.81. The predicted octanol–water partition coefficient (Wildman–Crippen LogP) is 2.55. The molecule has 2 aromatic carbocycles. The monoisotopic (exact) mass is 382 g/mol. The van der Waals surface area contributed by atoms with Gasteiger partial charge in [-0.05, 0) is 36.4 Å². The number of nitro benzene ring substituents is 1. The van der Waals surface area contributed by atoms with Crippen molar-refractivity contribution in [2.45, 2.75) is 4.90 Å². The Morgan fingerprint density at radius 1 is 1.12 bits per heavy atom. The van der Waals surface area contributed by atoms with E-state index in [0.29, 0.717) is 13.2 Å². The van der Waals surface area contributed by atoms with Gasteiger partial charge in [0.2, 0.25) is 15.8 Å². The van der Waals surface area contributed by atoms with Gasteiger partial charge in [0.05, 0.1) is 29.1 Å². The Morgan fingerprint density at radius 2 is 1.77 bits per heavy atom. The second-order valence-corrected chi connectivity index (χ2v) is 7.40. The standard InChI is InChI=1S/C16H15FN2O6S/c17-12-1-6-16(15(11-12)19(20)21)25-13-2-4-14(5-3-13)26(22,23)18-7-9-24-10-8-18/h1-6,11H,7-10H2. The molecule has 2 aromatic rings. The molecule has 1 fully saturated rings. The molecule has 10 heteroatoms. The summed E-state index contributed by atoms with van der Waals surface area (Å²) in [7, 11) is -3.64. The molecule has 8 nitrogen and oxygen atoms in total. The lowest BCUT2D eigenvalue weighted by Gasteiger charge is -2.26. The number of ether oxygens (including phenoxy) is 2. The Labute approximate surface area is 149 Å². The Hall–Kier alpha value is -2.56. The topological polar surface area (TPSA) is 99.0 Å². The van der Waals surface area contributed by atoms with Gasteiger partial charge in [0.25, 0.3) is 0 Å². The van der Waals surface area contributed by atoms with Gasteiger partial charge < -0.3 is 9.47 Å². The van der Waals surface area contributed by atoms with Gasteiger partial charge in [-0.2, -0.15) is 4.31 Å². The largest absolute Gasteiger partial charge is 0.450 e. The molecule has 0 amide bonds. The van der Waals surface area contributed by atoms with Crippen molar-refractivity contribution in [3.05, 3.63) is 58.4 Å². The third-order valence-corrected chi connectivity index (χ3v) is 5.69. The van der Waals surface area contributed by atoms with Crippen LogP contribution in [0.25, 0.3) is 0 Å². The molecule has 0 atom stereocenters. The summed E-state index contributed by atoms with van der Waals surface area (Å²) in [6, 6.07) is 8.43. The fourth-order valence-electron chi connectivity index (χ4n) is 2.46. The minimum Gasteiger partial charge on any atom is -0.450 e. The summed E-state index contributed by atoms with van der Waals surface area (Å²) in [5, 5.41) is 11.0. The third kappa shape index (κ3) is 3.82. The van der Waals surface area contributed by atoms with Crippen LogP contribution < -0.4 is 4.74 Å². The molecule has 0 N–H and O–H groups in total. The van der Waals surface area contributed by atoms with Gasteiger partial charge in [0, 0.05) is 13.1 Å². The molecule has 0 bridgehead atoms. The second kappa shape index (κ2) is 7.36. The van der Waals surface area contributed by atoms with Gasteiger partial charge in [0.15, 0.2) is 0 Å². The van der Waals surface area contributed by atoms with E-state index in [9.17, 15) is 22.9 Å². The van der Waals surface area contributed by atoms with Crippen LogP contribution in [0.1, 0.15) is 0 Å². The highest BCUT2D eigenvalue weighted by Gasteiger charge is 2.26. The number of halogens is 1. The van der Waals surface area contributed by atoms with Crippen LogP contribution in [-0.4, -0.2) is 43.9 Å². The minimum atomic E-state index is -3.64. The van der Waals surface area contributed by atoms with E-state index in [1.807, 2.05) is 0 Å². The predicted molar refractivity (Wildman–Crippen MR) is 89.1 cm³/mol. The van der Waals surface area contributed by atoms with E-state index in [4.69, 9.17) is 9.47 Å². The summed E-state index contributed by atoms with van der Waals surface area (Å²) in [5.41, 5.74) is -0.519. The molecule has 0 aliphatic carbocycles. The summed E-state index contributed by atoms with van der Waals surface area (Å²) in [4.78, 5) is 10.3. The van der Waals surface area contributed by atoms with Crippen LogP contribution >= 0.6 is 0 Å². The van der Waals surface area contributed by atoms with E-state index in [-0.39, 0.29) is 29.5 Å². The van der Waals surface area contributed by atoms with E-state index in [1.54, 1.807) is 0 Å². The summed E-state index contributed by atoms with van der Waals surface area (Å²) in [6.07, 6.45) is 0. The zero-order chi connectivity index (χ0) is 18.7. The summed E-state index contributed by atoms with van der Waals surface area (Å²) in [5.74, 6) is -0.697. The Morgan fingerprint density at radius 3 is 2.38 bits per heavy atom. The maximum absolute atomic E-state index is 13.2. The highest BCUT2D eigenvalue weighted by atomic mass is 32.2. The van der Waals surface area contributed by atoms with Gasteiger partial charge in [-0.15, -0.1) is 0 Å². The smallest absolute Gasteiger partial charge is 0.314 e. The average molecular weight is 382 g/mol. The van der Waals surface area contributed by atoms with Crippen LogP contribution in [0.3, 0.4) is 0 Å². The average Bonchev–Trinajstić information content (AvgIpc) is 2.64. The van der Waals surface area contributed by atoms with Crippen molar-refractivity contribution >= 4 is 15.7 Å². The van der Waals surface area contributed by atoms with Gasteiger partial charge >= 0.3 is 5.69 Å². The molecule has 26 heavy (non-hydrogen) atoms. The highest BCUT2D eigenvalue weighted by molar-refractivity contribution is 7.89. The molecular weight excluding hydrogens is 367 g/mol. The van der Waals surface area contributed by atoms with Crippen LogP contribution in [0.4, 0.5) is 10.1 Å². The van der Waals surface area contributed by atoms with Crippen LogP contribution in [0, 0.1) is 15.9 Å². The summed E-state index contributed by atoms with van der Waals surface area (Å²) >= 11 is 0. The van der Waals surface area contributed by atoms with E-state index >= 15 is 0 Å². The van der Waals surface area contributed by atoms with Crippen LogP contribution in [0.15, 0.2) is 47.4 Å². The van der Waals surface area contributed by atoms with Crippen LogP contribution in [0.5, 0.6) is 11.5 Å². The number of nitrogens with zero attached hydrogens (tertiary/aromatic N) is 2. The van der Waals surface area contributed by atoms with Crippen molar-refractivity contribution in [2.24, 2.45) is 0 Å². The fraction of sp³-hybridized carbons (Fsp3) is 0.250. The van der Waals surface area contributed by atoms with Crippen molar-refractivity contribution < 1.29 is 27.2 Å². The number of sulfonamides is 1. The van der Waals surface area contributed by atoms with Crippen molar-refractivity contribution in [1.29, 1.82) is 0 Å². The molecule has 1 aliphatic heterocycles. The lowest BCUT2D eigenvalue weighted by molar-refractivity contribution is -0.385. The number of morpholine rings is 1.